The summed E-state index contributed by atoms with van der Waals surface area (Å²) in [6.07, 6.45) is 3.34. The van der Waals surface area contributed by atoms with Crippen molar-refractivity contribution in [2.75, 3.05) is 37.7 Å². The number of ether oxygens (including phenoxy) is 1. The van der Waals surface area contributed by atoms with Gasteiger partial charge < -0.3 is 9.64 Å². The topological polar surface area (TPSA) is 63.7 Å². The zero-order valence-corrected chi connectivity index (χ0v) is 11.9. The molecule has 0 amide bonds. The van der Waals surface area contributed by atoms with Crippen molar-refractivity contribution < 1.29 is 17.9 Å². The Labute approximate surface area is 109 Å². The molecule has 1 saturated heterocycles. The molecule has 1 rings (SSSR count). The molecular formula is C12H23NO4S. The number of unbranched alkanes of at least 4 members (excludes halogenated alkanes) is 2. The fourth-order valence-corrected chi connectivity index (χ4v) is 3.27. The normalized spacial score (nSPS) is 19.6. The summed E-state index contributed by atoms with van der Waals surface area (Å²) in [5, 5.41) is 0. The maximum atomic E-state index is 11.2. The molecule has 1 aliphatic heterocycles. The third-order valence-electron chi connectivity index (χ3n) is 3.10. The second kappa shape index (κ2) is 7.74. The first-order valence-electron chi connectivity index (χ1n) is 6.62. The summed E-state index contributed by atoms with van der Waals surface area (Å²) >= 11 is 0. The molecule has 1 aliphatic rings. The van der Waals surface area contributed by atoms with Gasteiger partial charge in [0.25, 0.3) is 0 Å². The summed E-state index contributed by atoms with van der Waals surface area (Å²) < 4.78 is 27.3. The highest BCUT2D eigenvalue weighted by Crippen LogP contribution is 2.07. The lowest BCUT2D eigenvalue weighted by atomic mass is 10.2. The number of hydrogen-bond acceptors (Lipinski definition) is 5. The standard InChI is InChI=1S/C12H23NO4S/c1-2-17-12(14)6-4-3-5-7-13-8-10-18(15,16)11-9-13/h2-11H2,1H3. The van der Waals surface area contributed by atoms with Crippen LogP contribution in [0.2, 0.25) is 0 Å². The van der Waals surface area contributed by atoms with Gasteiger partial charge >= 0.3 is 5.97 Å². The molecule has 106 valence electrons. The van der Waals surface area contributed by atoms with Crippen LogP contribution in [0.25, 0.3) is 0 Å². The average Bonchev–Trinajstić information content (AvgIpc) is 2.31. The Morgan fingerprint density at radius 3 is 2.44 bits per heavy atom. The fourth-order valence-electron chi connectivity index (χ4n) is 1.99. The molecule has 18 heavy (non-hydrogen) atoms. The summed E-state index contributed by atoms with van der Waals surface area (Å²) in [6.45, 7) is 4.49. The highest BCUT2D eigenvalue weighted by molar-refractivity contribution is 7.91. The number of carbonyl (C=O) groups excluding carboxylic acids is 1. The van der Waals surface area contributed by atoms with Gasteiger partial charge in [0.1, 0.15) is 0 Å². The van der Waals surface area contributed by atoms with Crippen LogP contribution in [0.3, 0.4) is 0 Å². The maximum absolute atomic E-state index is 11.2. The predicted octanol–water partition coefficient (Wildman–Crippen LogP) is 0.840. The molecule has 0 aliphatic carbocycles. The molecular weight excluding hydrogens is 254 g/mol. The smallest absolute Gasteiger partial charge is 0.305 e. The van der Waals surface area contributed by atoms with Crippen LogP contribution >= 0.6 is 0 Å². The molecule has 0 spiro atoms. The average molecular weight is 277 g/mol. The van der Waals surface area contributed by atoms with E-state index in [0.717, 1.165) is 25.8 Å². The van der Waals surface area contributed by atoms with Crippen molar-refractivity contribution in [3.05, 3.63) is 0 Å². The van der Waals surface area contributed by atoms with Gasteiger partial charge in [0.2, 0.25) is 0 Å². The molecule has 0 unspecified atom stereocenters. The Hall–Kier alpha value is -0.620. The van der Waals surface area contributed by atoms with Crippen LogP contribution in [0.15, 0.2) is 0 Å². The largest absolute Gasteiger partial charge is 0.466 e. The highest BCUT2D eigenvalue weighted by atomic mass is 32.2. The third-order valence-corrected chi connectivity index (χ3v) is 4.71. The number of hydrogen-bond donors (Lipinski definition) is 0. The van der Waals surface area contributed by atoms with Crippen molar-refractivity contribution in [1.29, 1.82) is 0 Å². The third kappa shape index (κ3) is 6.35. The Balaban J connectivity index is 2.00. The van der Waals surface area contributed by atoms with Gasteiger partial charge in [-0.1, -0.05) is 6.42 Å². The second-order valence-electron chi connectivity index (χ2n) is 4.61. The Morgan fingerprint density at radius 1 is 1.17 bits per heavy atom. The number of carbonyl (C=O) groups is 1. The predicted molar refractivity (Wildman–Crippen MR) is 70.2 cm³/mol. The number of esters is 1. The van der Waals surface area contributed by atoms with E-state index in [9.17, 15) is 13.2 Å². The van der Waals surface area contributed by atoms with Gasteiger partial charge in [-0.2, -0.15) is 0 Å². The quantitative estimate of drug-likeness (QED) is 0.510. The zero-order valence-electron chi connectivity index (χ0n) is 11.1. The van der Waals surface area contributed by atoms with E-state index in [4.69, 9.17) is 4.74 Å². The lowest BCUT2D eigenvalue weighted by molar-refractivity contribution is -0.143. The van der Waals surface area contributed by atoms with E-state index >= 15 is 0 Å². The minimum Gasteiger partial charge on any atom is -0.466 e. The SMILES string of the molecule is CCOC(=O)CCCCCN1CCS(=O)(=O)CC1. The van der Waals surface area contributed by atoms with Crippen molar-refractivity contribution in [3.8, 4) is 0 Å². The van der Waals surface area contributed by atoms with Gasteiger partial charge in [0, 0.05) is 19.5 Å². The molecule has 0 aromatic rings. The monoisotopic (exact) mass is 277 g/mol. The first-order valence-corrected chi connectivity index (χ1v) is 8.44. The summed E-state index contributed by atoms with van der Waals surface area (Å²) in [7, 11) is -2.77. The Morgan fingerprint density at radius 2 is 1.83 bits per heavy atom. The van der Waals surface area contributed by atoms with Crippen LogP contribution in [0.5, 0.6) is 0 Å². The molecule has 0 aromatic carbocycles. The number of nitrogens with zero attached hydrogens (tertiary/aromatic N) is 1. The zero-order chi connectivity index (χ0) is 13.4. The van der Waals surface area contributed by atoms with Crippen LogP contribution in [0.1, 0.15) is 32.6 Å². The molecule has 0 atom stereocenters. The van der Waals surface area contributed by atoms with E-state index in [0.29, 0.717) is 26.1 Å². The van der Waals surface area contributed by atoms with Gasteiger partial charge in [0.15, 0.2) is 9.84 Å². The lowest BCUT2D eigenvalue weighted by Crippen LogP contribution is -2.40. The molecule has 5 nitrogen and oxygen atoms in total. The van der Waals surface area contributed by atoms with Crippen LogP contribution in [0.4, 0.5) is 0 Å². The molecule has 0 aromatic heterocycles. The van der Waals surface area contributed by atoms with Gasteiger partial charge in [-0.05, 0) is 26.3 Å². The highest BCUT2D eigenvalue weighted by Gasteiger charge is 2.20. The molecule has 0 saturated carbocycles. The molecule has 1 fully saturated rings. The minimum atomic E-state index is -2.77. The fraction of sp³-hybridized carbons (Fsp3) is 0.917. The lowest BCUT2D eigenvalue weighted by Gasteiger charge is -2.26. The summed E-state index contributed by atoms with van der Waals surface area (Å²) in [4.78, 5) is 13.3. The molecule has 0 bridgehead atoms. The van der Waals surface area contributed by atoms with Gasteiger partial charge in [-0.15, -0.1) is 0 Å². The van der Waals surface area contributed by atoms with Crippen LogP contribution < -0.4 is 0 Å². The van der Waals surface area contributed by atoms with E-state index in [-0.39, 0.29) is 17.5 Å². The van der Waals surface area contributed by atoms with Crippen molar-refractivity contribution in [3.63, 3.8) is 0 Å². The Kier molecular flexibility index (Phi) is 6.63. The second-order valence-corrected chi connectivity index (χ2v) is 6.91. The van der Waals surface area contributed by atoms with Crippen molar-refractivity contribution in [2.24, 2.45) is 0 Å². The van der Waals surface area contributed by atoms with Crippen molar-refractivity contribution in [1.82, 2.24) is 4.90 Å². The van der Waals surface area contributed by atoms with Gasteiger partial charge in [0.05, 0.1) is 18.1 Å². The minimum absolute atomic E-state index is 0.124. The van der Waals surface area contributed by atoms with E-state index < -0.39 is 9.84 Å². The van der Waals surface area contributed by atoms with Gasteiger partial charge in [-0.25, -0.2) is 8.42 Å². The molecule has 1 heterocycles. The van der Waals surface area contributed by atoms with Crippen molar-refractivity contribution >= 4 is 15.8 Å². The maximum Gasteiger partial charge on any atom is 0.305 e. The summed E-state index contributed by atoms with van der Waals surface area (Å²) in [5.41, 5.74) is 0. The molecule has 0 radical (unpaired) electrons. The number of rotatable bonds is 7. The van der Waals surface area contributed by atoms with Crippen LogP contribution in [0, 0.1) is 0 Å². The number of sulfone groups is 1. The molecule has 0 N–H and O–H groups in total. The van der Waals surface area contributed by atoms with E-state index in [2.05, 4.69) is 4.90 Å². The van der Waals surface area contributed by atoms with Crippen LogP contribution in [-0.4, -0.2) is 57.0 Å². The Bertz CT molecular complexity index is 339. The van der Waals surface area contributed by atoms with Crippen molar-refractivity contribution in [2.45, 2.75) is 32.6 Å². The summed E-state index contributed by atoms with van der Waals surface area (Å²) in [6, 6.07) is 0. The van der Waals surface area contributed by atoms with E-state index in [1.807, 2.05) is 6.92 Å². The van der Waals surface area contributed by atoms with E-state index in [1.54, 1.807) is 0 Å². The molecule has 6 heteroatoms. The van der Waals surface area contributed by atoms with Gasteiger partial charge in [-0.3, -0.25) is 4.79 Å². The van der Waals surface area contributed by atoms with E-state index in [1.165, 1.54) is 0 Å². The summed E-state index contributed by atoms with van der Waals surface area (Å²) in [5.74, 6) is 0.452. The first kappa shape index (κ1) is 15.4. The first-order chi connectivity index (χ1) is 8.53. The van der Waals surface area contributed by atoms with Crippen LogP contribution in [-0.2, 0) is 19.4 Å².